The molecule has 3 aromatic rings. The number of halogens is 2. The van der Waals surface area contributed by atoms with E-state index in [2.05, 4.69) is 20.8 Å². The lowest BCUT2D eigenvalue weighted by molar-refractivity contribution is 0.0526. The zero-order valence-corrected chi connectivity index (χ0v) is 17.6. The number of nitrogens with zero attached hydrogens (tertiary/aromatic N) is 2. The van der Waals surface area contributed by atoms with Crippen molar-refractivity contribution in [3.8, 4) is 11.4 Å². The van der Waals surface area contributed by atoms with Gasteiger partial charge in [0.05, 0.1) is 23.7 Å². The standard InChI is InChI=1S/C19H16Cl2N4O3S/c1-2-27-18(26)14-9-13(6-7-15(14)21)23-19(29)22-10-16-24-17(25-28-16)11-4-3-5-12(20)8-11/h3-9H,2,10H2,1H3,(H2,22,23,29). The second kappa shape index (κ2) is 9.69. The molecule has 0 fully saturated rings. The third-order valence-corrected chi connectivity index (χ3v) is 4.48. The first kappa shape index (κ1) is 21.0. The number of thiocarbonyl (C=S) groups is 1. The van der Waals surface area contributed by atoms with Crippen molar-refractivity contribution in [3.05, 3.63) is 64.0 Å². The van der Waals surface area contributed by atoms with Crippen LogP contribution in [0.1, 0.15) is 23.2 Å². The first-order chi connectivity index (χ1) is 14.0. The SMILES string of the molecule is CCOC(=O)c1cc(NC(=S)NCc2nc(-c3cccc(Cl)c3)no2)ccc1Cl. The van der Waals surface area contributed by atoms with Crippen molar-refractivity contribution in [3.63, 3.8) is 0 Å². The average molecular weight is 451 g/mol. The molecule has 29 heavy (non-hydrogen) atoms. The number of hydrogen-bond donors (Lipinski definition) is 2. The Morgan fingerprint density at radius 2 is 2.07 bits per heavy atom. The molecule has 3 rings (SSSR count). The molecular weight excluding hydrogens is 435 g/mol. The van der Waals surface area contributed by atoms with Crippen LogP contribution in [-0.2, 0) is 11.3 Å². The first-order valence-electron chi connectivity index (χ1n) is 8.56. The molecule has 0 amide bonds. The lowest BCUT2D eigenvalue weighted by atomic mass is 10.2. The topological polar surface area (TPSA) is 89.3 Å². The number of carbonyl (C=O) groups is 1. The second-order valence-corrected chi connectivity index (χ2v) is 7.00. The molecule has 0 aliphatic carbocycles. The molecule has 0 unspecified atom stereocenters. The maximum atomic E-state index is 11.9. The second-order valence-electron chi connectivity index (χ2n) is 5.74. The Balaban J connectivity index is 1.59. The summed E-state index contributed by atoms with van der Waals surface area (Å²) in [6.07, 6.45) is 0. The third-order valence-electron chi connectivity index (χ3n) is 3.67. The Labute approximate surface area is 182 Å². The number of esters is 1. The zero-order valence-electron chi connectivity index (χ0n) is 15.2. The van der Waals surface area contributed by atoms with Crippen LogP contribution in [-0.4, -0.2) is 27.8 Å². The van der Waals surface area contributed by atoms with Crippen molar-refractivity contribution < 1.29 is 14.1 Å². The van der Waals surface area contributed by atoms with Crippen molar-refractivity contribution in [2.45, 2.75) is 13.5 Å². The Hall–Kier alpha value is -2.68. The van der Waals surface area contributed by atoms with Crippen LogP contribution in [0.15, 0.2) is 47.0 Å². The van der Waals surface area contributed by atoms with Crippen molar-refractivity contribution in [1.82, 2.24) is 15.5 Å². The van der Waals surface area contributed by atoms with Crippen LogP contribution >= 0.6 is 35.4 Å². The summed E-state index contributed by atoms with van der Waals surface area (Å²) < 4.78 is 10.2. The van der Waals surface area contributed by atoms with Gasteiger partial charge in [-0.1, -0.05) is 40.5 Å². The van der Waals surface area contributed by atoms with E-state index in [9.17, 15) is 4.79 Å². The molecule has 0 saturated carbocycles. The van der Waals surface area contributed by atoms with E-state index in [-0.39, 0.29) is 18.7 Å². The summed E-state index contributed by atoms with van der Waals surface area (Å²) in [6.45, 7) is 2.20. The van der Waals surface area contributed by atoms with Gasteiger partial charge in [0, 0.05) is 16.3 Å². The summed E-state index contributed by atoms with van der Waals surface area (Å²) in [5.74, 6) is 0.284. The predicted molar refractivity (Wildman–Crippen MR) is 115 cm³/mol. The highest BCUT2D eigenvalue weighted by atomic mass is 35.5. The molecule has 0 bridgehead atoms. The number of nitrogens with one attached hydrogen (secondary N) is 2. The van der Waals surface area contributed by atoms with E-state index in [4.69, 9.17) is 44.7 Å². The van der Waals surface area contributed by atoms with Crippen LogP contribution in [0.5, 0.6) is 0 Å². The highest BCUT2D eigenvalue weighted by Crippen LogP contribution is 2.22. The van der Waals surface area contributed by atoms with Crippen molar-refractivity contribution in [1.29, 1.82) is 0 Å². The average Bonchev–Trinajstić information content (AvgIpc) is 3.17. The van der Waals surface area contributed by atoms with Gasteiger partial charge in [-0.25, -0.2) is 4.79 Å². The summed E-state index contributed by atoms with van der Waals surface area (Å²) in [5.41, 5.74) is 1.59. The Kier molecular flexibility index (Phi) is 7.03. The minimum atomic E-state index is -0.501. The van der Waals surface area contributed by atoms with Gasteiger partial charge >= 0.3 is 5.97 Å². The van der Waals surface area contributed by atoms with Gasteiger partial charge in [0.2, 0.25) is 11.7 Å². The summed E-state index contributed by atoms with van der Waals surface area (Å²) in [4.78, 5) is 16.2. The number of carbonyl (C=O) groups excluding carboxylic acids is 1. The summed E-state index contributed by atoms with van der Waals surface area (Å²) in [6, 6.07) is 12.0. The summed E-state index contributed by atoms with van der Waals surface area (Å²) in [5, 5.41) is 11.1. The monoisotopic (exact) mass is 450 g/mol. The molecule has 0 atom stereocenters. The van der Waals surface area contributed by atoms with Crippen molar-refractivity contribution in [2.24, 2.45) is 0 Å². The number of ether oxygens (including phenoxy) is 1. The number of anilines is 1. The number of aromatic nitrogens is 2. The first-order valence-corrected chi connectivity index (χ1v) is 9.72. The molecule has 150 valence electrons. The van der Waals surface area contributed by atoms with Gasteiger partial charge in [0.15, 0.2) is 5.11 Å². The molecule has 7 nitrogen and oxygen atoms in total. The van der Waals surface area contributed by atoms with E-state index < -0.39 is 5.97 Å². The maximum Gasteiger partial charge on any atom is 0.339 e. The van der Waals surface area contributed by atoms with E-state index in [0.717, 1.165) is 5.56 Å². The molecular formula is C19H16Cl2N4O3S. The molecule has 0 radical (unpaired) electrons. The fourth-order valence-electron chi connectivity index (χ4n) is 2.37. The zero-order chi connectivity index (χ0) is 20.8. The van der Waals surface area contributed by atoms with E-state index in [0.29, 0.717) is 32.6 Å². The van der Waals surface area contributed by atoms with Crippen LogP contribution in [0.3, 0.4) is 0 Å². The van der Waals surface area contributed by atoms with E-state index in [1.165, 1.54) is 0 Å². The number of benzene rings is 2. The molecule has 0 aliphatic heterocycles. The van der Waals surface area contributed by atoms with Gasteiger partial charge in [0.1, 0.15) is 0 Å². The smallest absolute Gasteiger partial charge is 0.339 e. The quantitative estimate of drug-likeness (QED) is 0.412. The van der Waals surface area contributed by atoms with E-state index >= 15 is 0 Å². The number of hydrogen-bond acceptors (Lipinski definition) is 6. The largest absolute Gasteiger partial charge is 0.462 e. The van der Waals surface area contributed by atoms with Crippen LogP contribution < -0.4 is 10.6 Å². The molecule has 1 aromatic heterocycles. The highest BCUT2D eigenvalue weighted by Gasteiger charge is 2.13. The highest BCUT2D eigenvalue weighted by molar-refractivity contribution is 7.80. The minimum Gasteiger partial charge on any atom is -0.462 e. The van der Waals surface area contributed by atoms with Crippen LogP contribution in [0, 0.1) is 0 Å². The summed E-state index contributed by atoms with van der Waals surface area (Å²) in [7, 11) is 0. The van der Waals surface area contributed by atoms with Gasteiger partial charge in [-0.05, 0) is 49.5 Å². The van der Waals surface area contributed by atoms with Gasteiger partial charge in [-0.3, -0.25) is 0 Å². The number of rotatable bonds is 6. The molecule has 2 N–H and O–H groups in total. The van der Waals surface area contributed by atoms with Gasteiger partial charge in [0.25, 0.3) is 0 Å². The molecule has 0 saturated heterocycles. The third kappa shape index (κ3) is 5.66. The Bertz CT molecular complexity index is 1040. The van der Waals surface area contributed by atoms with E-state index in [1.54, 1.807) is 37.3 Å². The van der Waals surface area contributed by atoms with Gasteiger partial charge < -0.3 is 19.9 Å². The normalized spacial score (nSPS) is 10.4. The molecule has 0 spiro atoms. The maximum absolute atomic E-state index is 11.9. The Morgan fingerprint density at radius 3 is 2.83 bits per heavy atom. The minimum absolute atomic E-state index is 0.220. The van der Waals surface area contributed by atoms with Crippen LogP contribution in [0.2, 0.25) is 10.0 Å². The Morgan fingerprint density at radius 1 is 1.24 bits per heavy atom. The lowest BCUT2D eigenvalue weighted by Crippen LogP contribution is -2.28. The van der Waals surface area contributed by atoms with Crippen molar-refractivity contribution >= 4 is 52.2 Å². The van der Waals surface area contributed by atoms with E-state index in [1.807, 2.05) is 12.1 Å². The van der Waals surface area contributed by atoms with Crippen molar-refractivity contribution in [2.75, 3.05) is 11.9 Å². The fraction of sp³-hybridized carbons (Fsp3) is 0.158. The van der Waals surface area contributed by atoms with Gasteiger partial charge in [-0.2, -0.15) is 4.98 Å². The van der Waals surface area contributed by atoms with Gasteiger partial charge in [-0.15, -0.1) is 0 Å². The molecule has 1 heterocycles. The molecule has 10 heteroatoms. The lowest BCUT2D eigenvalue weighted by Gasteiger charge is -2.11. The summed E-state index contributed by atoms with van der Waals surface area (Å²) >= 11 is 17.3. The van der Waals surface area contributed by atoms with Crippen LogP contribution in [0.25, 0.3) is 11.4 Å². The molecule has 2 aromatic carbocycles. The fourth-order valence-corrected chi connectivity index (χ4v) is 2.95. The van der Waals surface area contributed by atoms with Crippen LogP contribution in [0.4, 0.5) is 5.69 Å². The molecule has 0 aliphatic rings. The predicted octanol–water partition coefficient (Wildman–Crippen LogP) is 4.71.